The van der Waals surface area contributed by atoms with Crippen molar-refractivity contribution in [3.8, 4) is 22.5 Å². The SMILES string of the molecule is Cc1cc(N2CCN(C(C)C)CC2)ccc1-c1[nH]nc2c1C(=O)c1c(NC(=O)NN3CCOCC3)cccc1-2. The first-order valence-electron chi connectivity index (χ1n) is 13.7. The van der Waals surface area contributed by atoms with Crippen LogP contribution in [0.3, 0.4) is 0 Å². The number of urea groups is 1. The molecule has 3 heterocycles. The number of hydrogen-bond acceptors (Lipinski definition) is 7. The Morgan fingerprint density at radius 2 is 1.77 bits per heavy atom. The van der Waals surface area contributed by atoms with Crippen molar-refractivity contribution in [2.45, 2.75) is 26.8 Å². The Balaban J connectivity index is 1.23. The Morgan fingerprint density at radius 1 is 1.00 bits per heavy atom. The number of rotatable bonds is 5. The van der Waals surface area contributed by atoms with E-state index in [1.807, 2.05) is 17.1 Å². The minimum absolute atomic E-state index is 0.140. The lowest BCUT2D eigenvalue weighted by Gasteiger charge is -2.38. The van der Waals surface area contributed by atoms with E-state index in [1.165, 1.54) is 5.69 Å². The summed E-state index contributed by atoms with van der Waals surface area (Å²) in [6.45, 7) is 13.0. The van der Waals surface area contributed by atoms with Crippen molar-refractivity contribution in [3.05, 3.63) is 53.1 Å². The van der Waals surface area contributed by atoms with Crippen LogP contribution in [0.2, 0.25) is 0 Å². The van der Waals surface area contributed by atoms with E-state index >= 15 is 0 Å². The summed E-state index contributed by atoms with van der Waals surface area (Å²) < 4.78 is 5.33. The fraction of sp³-hybridized carbons (Fsp3) is 0.414. The highest BCUT2D eigenvalue weighted by Crippen LogP contribution is 2.43. The Bertz CT molecular complexity index is 1400. The van der Waals surface area contributed by atoms with Crippen LogP contribution in [-0.2, 0) is 4.74 Å². The van der Waals surface area contributed by atoms with Gasteiger partial charge in [0.05, 0.1) is 35.7 Å². The largest absolute Gasteiger partial charge is 0.379 e. The lowest BCUT2D eigenvalue weighted by atomic mass is 9.99. The second-order valence-electron chi connectivity index (χ2n) is 10.7. The fourth-order valence-electron chi connectivity index (χ4n) is 5.77. The molecule has 10 heteroatoms. The molecule has 6 rings (SSSR count). The van der Waals surface area contributed by atoms with Crippen LogP contribution in [0.4, 0.5) is 16.2 Å². The summed E-state index contributed by atoms with van der Waals surface area (Å²) in [5, 5.41) is 12.3. The second-order valence-corrected chi connectivity index (χ2v) is 10.7. The standard InChI is InChI=1S/C29H35N7O3/c1-18(2)34-9-11-35(12-10-34)20-7-8-21(19(3)17-20)26-25-27(32-31-26)22-5-4-6-23(24(22)28(25)37)30-29(38)33-36-13-15-39-16-14-36/h4-8,17-18H,9-16H2,1-3H3,(H,31,32)(H2,30,33,38). The molecular formula is C29H35N7O3. The summed E-state index contributed by atoms with van der Waals surface area (Å²) in [7, 11) is 0. The topological polar surface area (TPSA) is 106 Å². The number of hydrazine groups is 1. The monoisotopic (exact) mass is 529 g/mol. The number of aromatic nitrogens is 2. The van der Waals surface area contributed by atoms with Gasteiger partial charge >= 0.3 is 6.03 Å². The molecule has 0 saturated carbocycles. The van der Waals surface area contributed by atoms with Gasteiger partial charge in [-0.15, -0.1) is 0 Å². The number of ketones is 1. The first kappa shape index (κ1) is 25.5. The van der Waals surface area contributed by atoms with Gasteiger partial charge < -0.3 is 15.0 Å². The number of aromatic amines is 1. The molecule has 3 N–H and O–H groups in total. The van der Waals surface area contributed by atoms with E-state index in [9.17, 15) is 9.59 Å². The number of piperazine rings is 1. The summed E-state index contributed by atoms with van der Waals surface area (Å²) >= 11 is 0. The molecule has 0 bridgehead atoms. The zero-order valence-electron chi connectivity index (χ0n) is 22.7. The van der Waals surface area contributed by atoms with Gasteiger partial charge in [-0.25, -0.2) is 9.80 Å². The molecule has 0 radical (unpaired) electrons. The van der Waals surface area contributed by atoms with Crippen LogP contribution in [0.25, 0.3) is 22.5 Å². The third kappa shape index (κ3) is 4.80. The van der Waals surface area contributed by atoms with Gasteiger partial charge in [-0.05, 0) is 44.5 Å². The molecule has 0 spiro atoms. The second kappa shape index (κ2) is 10.4. The maximum atomic E-state index is 13.8. The zero-order valence-corrected chi connectivity index (χ0v) is 22.7. The van der Waals surface area contributed by atoms with Crippen molar-refractivity contribution in [2.75, 3.05) is 62.7 Å². The molecule has 2 aliphatic heterocycles. The predicted octanol–water partition coefficient (Wildman–Crippen LogP) is 3.50. The molecule has 3 aliphatic rings. The van der Waals surface area contributed by atoms with Crippen LogP contribution < -0.4 is 15.6 Å². The summed E-state index contributed by atoms with van der Waals surface area (Å²) in [5.74, 6) is -0.140. The average Bonchev–Trinajstić information content (AvgIpc) is 3.49. The van der Waals surface area contributed by atoms with Gasteiger partial charge in [0.25, 0.3) is 0 Å². The Hall–Kier alpha value is -3.73. The number of fused-ring (bicyclic) bond motifs is 3. The molecule has 204 valence electrons. The normalized spacial score (nSPS) is 17.8. The summed E-state index contributed by atoms with van der Waals surface area (Å²) in [5.41, 5.74) is 9.62. The third-order valence-corrected chi connectivity index (χ3v) is 7.95. The lowest BCUT2D eigenvalue weighted by molar-refractivity contribution is 0.0207. The Kier molecular flexibility index (Phi) is 6.84. The maximum absolute atomic E-state index is 13.8. The van der Waals surface area contributed by atoms with E-state index in [-0.39, 0.29) is 11.8 Å². The van der Waals surface area contributed by atoms with Crippen molar-refractivity contribution in [3.63, 3.8) is 0 Å². The number of nitrogens with one attached hydrogen (secondary N) is 3. The van der Waals surface area contributed by atoms with E-state index in [2.05, 4.69) is 69.7 Å². The quantitative estimate of drug-likeness (QED) is 0.363. The van der Waals surface area contributed by atoms with Gasteiger partial charge in [-0.2, -0.15) is 5.10 Å². The van der Waals surface area contributed by atoms with E-state index < -0.39 is 0 Å². The van der Waals surface area contributed by atoms with Crippen molar-refractivity contribution in [2.24, 2.45) is 0 Å². The van der Waals surface area contributed by atoms with Crippen molar-refractivity contribution >= 4 is 23.2 Å². The van der Waals surface area contributed by atoms with Crippen LogP contribution in [0.5, 0.6) is 0 Å². The predicted molar refractivity (Wildman–Crippen MR) is 151 cm³/mol. The summed E-state index contributed by atoms with van der Waals surface area (Å²) in [6, 6.07) is 12.1. The highest BCUT2D eigenvalue weighted by molar-refractivity contribution is 6.27. The van der Waals surface area contributed by atoms with Crippen molar-refractivity contribution in [1.29, 1.82) is 0 Å². The number of hydrogen-bond donors (Lipinski definition) is 3. The third-order valence-electron chi connectivity index (χ3n) is 7.95. The average molecular weight is 530 g/mol. The number of H-pyrrole nitrogens is 1. The smallest absolute Gasteiger partial charge is 0.333 e. The Labute approximate surface area is 228 Å². The van der Waals surface area contributed by atoms with Crippen LogP contribution >= 0.6 is 0 Å². The van der Waals surface area contributed by atoms with Crippen LogP contribution in [-0.4, -0.2) is 90.4 Å². The summed E-state index contributed by atoms with van der Waals surface area (Å²) in [4.78, 5) is 31.4. The first-order chi connectivity index (χ1) is 18.9. The molecule has 3 aromatic rings. The van der Waals surface area contributed by atoms with Crippen LogP contribution in [0.15, 0.2) is 36.4 Å². The number of carbonyl (C=O) groups is 2. The molecule has 2 aromatic carbocycles. The van der Waals surface area contributed by atoms with Crippen LogP contribution in [0.1, 0.15) is 35.3 Å². The van der Waals surface area contributed by atoms with E-state index in [0.29, 0.717) is 60.5 Å². The molecule has 0 unspecified atom stereocenters. The van der Waals surface area contributed by atoms with Crippen molar-refractivity contribution < 1.29 is 14.3 Å². The molecule has 2 saturated heterocycles. The minimum atomic E-state index is -0.384. The molecular weight excluding hydrogens is 494 g/mol. The number of ether oxygens (including phenoxy) is 1. The molecule has 1 aromatic heterocycles. The highest BCUT2D eigenvalue weighted by Gasteiger charge is 2.35. The molecule has 10 nitrogen and oxygen atoms in total. The van der Waals surface area contributed by atoms with Gasteiger partial charge in [0, 0.05) is 62.1 Å². The van der Waals surface area contributed by atoms with Gasteiger partial charge in [0.1, 0.15) is 5.69 Å². The molecule has 0 atom stereocenters. The lowest BCUT2D eigenvalue weighted by Crippen LogP contribution is -2.49. The van der Waals surface area contributed by atoms with E-state index in [0.717, 1.165) is 42.9 Å². The van der Waals surface area contributed by atoms with Gasteiger partial charge in [0.2, 0.25) is 0 Å². The molecule has 2 fully saturated rings. The number of aryl methyl sites for hydroxylation is 1. The minimum Gasteiger partial charge on any atom is -0.379 e. The molecule has 2 amide bonds. The first-order valence-corrected chi connectivity index (χ1v) is 13.7. The number of nitrogens with zero attached hydrogens (tertiary/aromatic N) is 4. The zero-order chi connectivity index (χ0) is 27.1. The Morgan fingerprint density at radius 3 is 2.49 bits per heavy atom. The summed E-state index contributed by atoms with van der Waals surface area (Å²) in [6.07, 6.45) is 0. The maximum Gasteiger partial charge on any atom is 0.333 e. The number of carbonyl (C=O) groups excluding carboxylic acids is 2. The van der Waals surface area contributed by atoms with Gasteiger partial charge in [-0.1, -0.05) is 18.2 Å². The highest BCUT2D eigenvalue weighted by atomic mass is 16.5. The van der Waals surface area contributed by atoms with Gasteiger partial charge in [0.15, 0.2) is 5.78 Å². The number of amides is 2. The number of anilines is 2. The molecule has 1 aliphatic carbocycles. The number of benzene rings is 2. The van der Waals surface area contributed by atoms with Crippen molar-refractivity contribution in [1.82, 2.24) is 25.5 Å². The van der Waals surface area contributed by atoms with E-state index in [1.54, 1.807) is 6.07 Å². The molecule has 39 heavy (non-hydrogen) atoms. The number of morpholine rings is 1. The fourth-order valence-corrected chi connectivity index (χ4v) is 5.77. The van der Waals surface area contributed by atoms with E-state index in [4.69, 9.17) is 4.74 Å². The van der Waals surface area contributed by atoms with Gasteiger partial charge in [-0.3, -0.25) is 20.2 Å². The van der Waals surface area contributed by atoms with Crippen LogP contribution in [0, 0.1) is 6.92 Å².